The lowest BCUT2D eigenvalue weighted by molar-refractivity contribution is 0.0955. The van der Waals surface area contributed by atoms with Gasteiger partial charge in [0.05, 0.1) is 11.6 Å². The maximum absolute atomic E-state index is 13.5. The molecule has 0 saturated heterocycles. The van der Waals surface area contributed by atoms with E-state index >= 15 is 0 Å². The minimum absolute atomic E-state index is 0.0602. The molecule has 0 heterocycles. The highest BCUT2D eigenvalue weighted by molar-refractivity contribution is 7.98. The van der Waals surface area contributed by atoms with Crippen LogP contribution in [-0.4, -0.2) is 29.9 Å². The van der Waals surface area contributed by atoms with Gasteiger partial charge in [-0.3, -0.25) is 4.79 Å². The second-order valence-corrected chi connectivity index (χ2v) is 6.65. The topological polar surface area (TPSA) is 58.6 Å². The summed E-state index contributed by atoms with van der Waals surface area (Å²) in [6, 6.07) is 9.47. The molecule has 0 aromatic heterocycles. The molecule has 1 amide bonds. The summed E-state index contributed by atoms with van der Waals surface area (Å²) in [5, 5.41) is 12.6. The number of hydrogen-bond donors (Lipinski definition) is 2. The SMILES string of the molecule is CCOc1cc(C(=O)NCCSCc2ccccc2F)cc(Cl)c1O. The van der Waals surface area contributed by atoms with Crippen LogP contribution in [0.15, 0.2) is 36.4 Å². The van der Waals surface area contributed by atoms with Gasteiger partial charge in [-0.2, -0.15) is 11.8 Å². The zero-order chi connectivity index (χ0) is 18.2. The summed E-state index contributed by atoms with van der Waals surface area (Å²) in [7, 11) is 0. The molecule has 2 N–H and O–H groups in total. The largest absolute Gasteiger partial charge is 0.503 e. The quantitative estimate of drug-likeness (QED) is 0.669. The second-order valence-electron chi connectivity index (χ2n) is 5.14. The number of benzene rings is 2. The predicted octanol–water partition coefficient (Wildman–Crippen LogP) is 4.25. The summed E-state index contributed by atoms with van der Waals surface area (Å²) in [6.07, 6.45) is 0. The fourth-order valence-corrected chi connectivity index (χ4v) is 3.16. The number of nitrogens with one attached hydrogen (secondary N) is 1. The standard InChI is InChI=1S/C18H19ClFNO3S/c1-2-24-16-10-13(9-14(19)17(16)22)18(23)21-7-8-25-11-12-5-3-4-6-15(12)20/h3-6,9-10,22H,2,7-8,11H2,1H3,(H,21,23). The van der Waals surface area contributed by atoms with Crippen molar-refractivity contribution in [1.29, 1.82) is 0 Å². The third kappa shape index (κ3) is 5.54. The first-order valence-electron chi connectivity index (χ1n) is 7.77. The normalized spacial score (nSPS) is 10.5. The molecule has 2 aromatic rings. The summed E-state index contributed by atoms with van der Waals surface area (Å²) >= 11 is 7.44. The van der Waals surface area contributed by atoms with E-state index in [9.17, 15) is 14.3 Å². The molecule has 0 fully saturated rings. The molecular weight excluding hydrogens is 365 g/mol. The molecule has 2 aromatic carbocycles. The first-order chi connectivity index (χ1) is 12.0. The molecule has 0 aliphatic heterocycles. The first-order valence-corrected chi connectivity index (χ1v) is 9.30. The van der Waals surface area contributed by atoms with Gasteiger partial charge in [-0.25, -0.2) is 4.39 Å². The lowest BCUT2D eigenvalue weighted by Gasteiger charge is -2.10. The van der Waals surface area contributed by atoms with E-state index in [4.69, 9.17) is 16.3 Å². The minimum atomic E-state index is -0.311. The number of thioether (sulfide) groups is 1. The summed E-state index contributed by atoms with van der Waals surface area (Å²) in [6.45, 7) is 2.55. The molecule has 2 rings (SSSR count). The third-order valence-electron chi connectivity index (χ3n) is 3.34. The number of amides is 1. The van der Waals surface area contributed by atoms with Gasteiger partial charge >= 0.3 is 0 Å². The second kappa shape index (κ2) is 9.53. The molecule has 0 spiro atoms. The average molecular weight is 384 g/mol. The zero-order valence-electron chi connectivity index (χ0n) is 13.7. The van der Waals surface area contributed by atoms with Crippen LogP contribution in [0.25, 0.3) is 0 Å². The number of aromatic hydroxyl groups is 1. The Morgan fingerprint density at radius 3 is 2.84 bits per heavy atom. The van der Waals surface area contributed by atoms with Crippen molar-refractivity contribution >= 4 is 29.3 Å². The Balaban J connectivity index is 1.83. The molecule has 0 unspecified atom stereocenters. The highest BCUT2D eigenvalue weighted by atomic mass is 35.5. The van der Waals surface area contributed by atoms with Gasteiger partial charge in [0.1, 0.15) is 5.82 Å². The van der Waals surface area contributed by atoms with Crippen molar-refractivity contribution < 1.29 is 19.0 Å². The van der Waals surface area contributed by atoms with Gasteiger partial charge in [-0.05, 0) is 30.7 Å². The lowest BCUT2D eigenvalue weighted by atomic mass is 10.2. The Labute approximate surface area is 155 Å². The molecule has 0 aliphatic carbocycles. The molecule has 0 aliphatic rings. The highest BCUT2D eigenvalue weighted by Gasteiger charge is 2.14. The van der Waals surface area contributed by atoms with E-state index in [-0.39, 0.29) is 28.2 Å². The van der Waals surface area contributed by atoms with Crippen LogP contribution in [0.2, 0.25) is 5.02 Å². The molecule has 0 radical (unpaired) electrons. The maximum Gasteiger partial charge on any atom is 0.251 e. The van der Waals surface area contributed by atoms with Crippen LogP contribution >= 0.6 is 23.4 Å². The van der Waals surface area contributed by atoms with Crippen molar-refractivity contribution in [1.82, 2.24) is 5.32 Å². The van der Waals surface area contributed by atoms with Crippen LogP contribution in [-0.2, 0) is 5.75 Å². The fraction of sp³-hybridized carbons (Fsp3) is 0.278. The molecule has 4 nitrogen and oxygen atoms in total. The van der Waals surface area contributed by atoms with Crippen LogP contribution in [0, 0.1) is 5.82 Å². The third-order valence-corrected chi connectivity index (χ3v) is 4.63. The molecule has 0 saturated carbocycles. The molecule has 0 atom stereocenters. The number of hydrogen-bond acceptors (Lipinski definition) is 4. The number of rotatable bonds is 8. The van der Waals surface area contributed by atoms with Gasteiger partial charge in [0, 0.05) is 23.6 Å². The van der Waals surface area contributed by atoms with Gasteiger partial charge in [-0.1, -0.05) is 29.8 Å². The first kappa shape index (κ1) is 19.4. The van der Waals surface area contributed by atoms with Crippen molar-refractivity contribution in [2.45, 2.75) is 12.7 Å². The van der Waals surface area contributed by atoms with E-state index in [1.165, 1.54) is 30.0 Å². The Bertz CT molecular complexity index is 742. The van der Waals surface area contributed by atoms with Crippen LogP contribution < -0.4 is 10.1 Å². The molecular formula is C18H19ClFNO3S. The Morgan fingerprint density at radius 1 is 1.36 bits per heavy atom. The van der Waals surface area contributed by atoms with Crippen molar-refractivity contribution in [2.75, 3.05) is 18.9 Å². The van der Waals surface area contributed by atoms with E-state index < -0.39 is 0 Å². The Morgan fingerprint density at radius 2 is 2.12 bits per heavy atom. The molecule has 25 heavy (non-hydrogen) atoms. The van der Waals surface area contributed by atoms with E-state index in [1.54, 1.807) is 25.1 Å². The van der Waals surface area contributed by atoms with Crippen LogP contribution in [0.3, 0.4) is 0 Å². The monoisotopic (exact) mass is 383 g/mol. The number of carbonyl (C=O) groups excluding carboxylic acids is 1. The summed E-state index contributed by atoms with van der Waals surface area (Å²) < 4.78 is 18.7. The van der Waals surface area contributed by atoms with E-state index in [0.29, 0.717) is 35.8 Å². The number of ether oxygens (including phenoxy) is 1. The minimum Gasteiger partial charge on any atom is -0.503 e. The number of phenols is 1. The van der Waals surface area contributed by atoms with Gasteiger partial charge in [0.15, 0.2) is 11.5 Å². The zero-order valence-corrected chi connectivity index (χ0v) is 15.3. The van der Waals surface area contributed by atoms with E-state index in [1.807, 2.05) is 0 Å². The Kier molecular flexibility index (Phi) is 7.40. The van der Waals surface area contributed by atoms with Crippen molar-refractivity contribution in [3.05, 3.63) is 58.4 Å². The van der Waals surface area contributed by atoms with Crippen LogP contribution in [0.1, 0.15) is 22.8 Å². The van der Waals surface area contributed by atoms with Crippen molar-refractivity contribution in [3.63, 3.8) is 0 Å². The van der Waals surface area contributed by atoms with E-state index in [0.717, 1.165) is 0 Å². The Hall–Kier alpha value is -1.92. The molecule has 0 bridgehead atoms. The fourth-order valence-electron chi connectivity index (χ4n) is 2.11. The van der Waals surface area contributed by atoms with Crippen molar-refractivity contribution in [2.24, 2.45) is 0 Å². The van der Waals surface area contributed by atoms with Crippen LogP contribution in [0.4, 0.5) is 4.39 Å². The van der Waals surface area contributed by atoms with Gasteiger partial charge in [0.2, 0.25) is 0 Å². The predicted molar refractivity (Wildman–Crippen MR) is 99.2 cm³/mol. The number of phenolic OH excluding ortho intramolecular Hbond substituents is 1. The number of halogens is 2. The average Bonchev–Trinajstić information content (AvgIpc) is 2.60. The van der Waals surface area contributed by atoms with Gasteiger partial charge in [-0.15, -0.1) is 0 Å². The molecule has 7 heteroatoms. The molecule has 134 valence electrons. The van der Waals surface area contributed by atoms with Gasteiger partial charge < -0.3 is 15.2 Å². The summed E-state index contributed by atoms with van der Waals surface area (Å²) in [5.74, 6) is 0.650. The lowest BCUT2D eigenvalue weighted by Crippen LogP contribution is -2.25. The highest BCUT2D eigenvalue weighted by Crippen LogP contribution is 2.35. The van der Waals surface area contributed by atoms with E-state index in [2.05, 4.69) is 5.32 Å². The maximum atomic E-state index is 13.5. The van der Waals surface area contributed by atoms with Crippen molar-refractivity contribution in [3.8, 4) is 11.5 Å². The van der Waals surface area contributed by atoms with Crippen LogP contribution in [0.5, 0.6) is 11.5 Å². The van der Waals surface area contributed by atoms with Gasteiger partial charge in [0.25, 0.3) is 5.91 Å². The number of carbonyl (C=O) groups is 1. The summed E-state index contributed by atoms with van der Waals surface area (Å²) in [5.41, 5.74) is 0.954. The summed E-state index contributed by atoms with van der Waals surface area (Å²) in [4.78, 5) is 12.2. The smallest absolute Gasteiger partial charge is 0.251 e.